The first-order valence-corrected chi connectivity index (χ1v) is 5.37. The molecule has 1 N–H and O–H groups in total. The Morgan fingerprint density at radius 2 is 2.40 bits per heavy atom. The highest BCUT2D eigenvalue weighted by Gasteiger charge is 2.23. The second kappa shape index (κ2) is 4.15. The van der Waals surface area contributed by atoms with Crippen LogP contribution >= 0.6 is 0 Å². The van der Waals surface area contributed by atoms with Crippen LogP contribution in [0, 0.1) is 5.82 Å². The molecule has 0 aromatic heterocycles. The monoisotopic (exact) mass is 205 g/mol. The van der Waals surface area contributed by atoms with Crippen molar-refractivity contribution in [2.45, 2.75) is 31.8 Å². The molecule has 0 heterocycles. The van der Waals surface area contributed by atoms with Crippen LogP contribution in [0.2, 0.25) is 0 Å². The molecule has 2 unspecified atom stereocenters. The van der Waals surface area contributed by atoms with Gasteiger partial charge in [-0.05, 0) is 43.0 Å². The number of rotatable bonds is 3. The van der Waals surface area contributed by atoms with Gasteiger partial charge in [-0.3, -0.25) is 0 Å². The van der Waals surface area contributed by atoms with E-state index in [0.29, 0.717) is 0 Å². The molecule has 2 rings (SSSR count). The van der Waals surface area contributed by atoms with Crippen molar-refractivity contribution < 1.29 is 4.39 Å². The lowest BCUT2D eigenvalue weighted by Crippen LogP contribution is -2.27. The lowest BCUT2D eigenvalue weighted by Gasteiger charge is -2.17. The summed E-state index contributed by atoms with van der Waals surface area (Å²) in [4.78, 5) is 0. The normalized spacial score (nSPS) is 21.1. The third-order valence-corrected chi connectivity index (χ3v) is 3.00. The summed E-state index contributed by atoms with van der Waals surface area (Å²) in [6.45, 7) is 5.80. The highest BCUT2D eigenvalue weighted by molar-refractivity contribution is 5.35. The summed E-state index contributed by atoms with van der Waals surface area (Å²) in [6.07, 6.45) is 3.96. The molecular weight excluding hydrogens is 189 g/mol. The van der Waals surface area contributed by atoms with Gasteiger partial charge in [-0.1, -0.05) is 12.1 Å². The molecule has 1 aliphatic rings. The van der Waals surface area contributed by atoms with Crippen molar-refractivity contribution in [3.8, 4) is 0 Å². The Hall–Kier alpha value is -1.15. The lowest BCUT2D eigenvalue weighted by molar-refractivity contribution is 0.498. The Labute approximate surface area is 90.0 Å². The second-order valence-electron chi connectivity index (χ2n) is 4.13. The van der Waals surface area contributed by atoms with Crippen LogP contribution in [-0.2, 0) is 6.42 Å². The third-order valence-electron chi connectivity index (χ3n) is 3.00. The molecule has 0 radical (unpaired) electrons. The molecule has 80 valence electrons. The second-order valence-corrected chi connectivity index (χ2v) is 4.13. The number of aryl methyl sites for hydroxylation is 1. The van der Waals surface area contributed by atoms with Crippen molar-refractivity contribution in [3.05, 3.63) is 47.8 Å². The van der Waals surface area contributed by atoms with Gasteiger partial charge in [0.05, 0.1) is 0 Å². The summed E-state index contributed by atoms with van der Waals surface area (Å²) in [5.41, 5.74) is 2.38. The summed E-state index contributed by atoms with van der Waals surface area (Å²) in [6, 6.07) is 5.63. The van der Waals surface area contributed by atoms with Crippen molar-refractivity contribution in [2.24, 2.45) is 0 Å². The fraction of sp³-hybridized carbons (Fsp3) is 0.385. The van der Waals surface area contributed by atoms with Crippen molar-refractivity contribution in [3.63, 3.8) is 0 Å². The maximum absolute atomic E-state index is 13.1. The van der Waals surface area contributed by atoms with Gasteiger partial charge < -0.3 is 5.32 Å². The number of fused-ring (bicyclic) bond motifs is 1. The zero-order valence-electron chi connectivity index (χ0n) is 8.96. The Morgan fingerprint density at radius 1 is 1.60 bits per heavy atom. The van der Waals surface area contributed by atoms with Crippen LogP contribution in [0.15, 0.2) is 30.9 Å². The lowest BCUT2D eigenvalue weighted by atomic mass is 10.1. The first-order chi connectivity index (χ1) is 7.20. The van der Waals surface area contributed by atoms with E-state index in [1.807, 2.05) is 12.1 Å². The van der Waals surface area contributed by atoms with E-state index in [4.69, 9.17) is 0 Å². The summed E-state index contributed by atoms with van der Waals surface area (Å²) < 4.78 is 13.1. The average Bonchev–Trinajstić information content (AvgIpc) is 2.61. The largest absolute Gasteiger partial charge is 0.304 e. The Kier molecular flexibility index (Phi) is 2.87. The van der Waals surface area contributed by atoms with Crippen LogP contribution in [0.1, 0.15) is 30.5 Å². The van der Waals surface area contributed by atoms with E-state index >= 15 is 0 Å². The molecule has 1 nitrogen and oxygen atoms in total. The summed E-state index contributed by atoms with van der Waals surface area (Å²) >= 11 is 0. The van der Waals surface area contributed by atoms with E-state index in [9.17, 15) is 4.39 Å². The van der Waals surface area contributed by atoms with Gasteiger partial charge in [0.25, 0.3) is 0 Å². The van der Waals surface area contributed by atoms with Crippen LogP contribution in [-0.4, -0.2) is 6.04 Å². The van der Waals surface area contributed by atoms with Crippen molar-refractivity contribution in [2.75, 3.05) is 0 Å². The van der Waals surface area contributed by atoms with Gasteiger partial charge in [0.2, 0.25) is 0 Å². The molecule has 2 heteroatoms. The molecule has 0 amide bonds. The third kappa shape index (κ3) is 2.10. The van der Waals surface area contributed by atoms with E-state index < -0.39 is 0 Å². The topological polar surface area (TPSA) is 12.0 Å². The molecule has 1 aliphatic carbocycles. The highest BCUT2D eigenvalue weighted by atomic mass is 19.1. The van der Waals surface area contributed by atoms with Crippen LogP contribution in [0.25, 0.3) is 0 Å². The molecule has 0 bridgehead atoms. The smallest absolute Gasteiger partial charge is 0.123 e. The average molecular weight is 205 g/mol. The molecule has 1 aromatic rings. The highest BCUT2D eigenvalue weighted by Crippen LogP contribution is 2.31. The minimum Gasteiger partial charge on any atom is -0.304 e. The zero-order valence-corrected chi connectivity index (χ0v) is 8.96. The number of halogens is 1. The molecule has 1 aromatic carbocycles. The zero-order chi connectivity index (χ0) is 10.8. The van der Waals surface area contributed by atoms with Crippen LogP contribution in [0.3, 0.4) is 0 Å². The van der Waals surface area contributed by atoms with E-state index in [1.54, 1.807) is 6.07 Å². The van der Waals surface area contributed by atoms with Crippen molar-refractivity contribution in [1.29, 1.82) is 0 Å². The molecule has 0 saturated carbocycles. The molecular formula is C13H16FN. The maximum atomic E-state index is 13.1. The van der Waals surface area contributed by atoms with Crippen molar-refractivity contribution in [1.82, 2.24) is 5.32 Å². The first-order valence-electron chi connectivity index (χ1n) is 5.37. The summed E-state index contributed by atoms with van der Waals surface area (Å²) in [5, 5.41) is 3.43. The molecule has 0 fully saturated rings. The predicted octanol–water partition coefficient (Wildman–Crippen LogP) is 2.98. The van der Waals surface area contributed by atoms with Gasteiger partial charge in [0.15, 0.2) is 0 Å². The standard InChI is InChI=1S/C13H16FN/c1-3-9(2)15-13-7-5-10-4-6-11(14)8-12(10)13/h3-4,6,8-9,13,15H,1,5,7H2,2H3. The fourth-order valence-corrected chi connectivity index (χ4v) is 2.13. The minimum absolute atomic E-state index is 0.145. The first kappa shape index (κ1) is 10.4. The molecule has 0 saturated heterocycles. The van der Waals surface area contributed by atoms with Gasteiger partial charge in [-0.25, -0.2) is 4.39 Å². The van der Waals surface area contributed by atoms with E-state index in [1.165, 1.54) is 11.6 Å². The van der Waals surface area contributed by atoms with Gasteiger partial charge in [-0.15, -0.1) is 6.58 Å². The van der Waals surface area contributed by atoms with Gasteiger partial charge in [0.1, 0.15) is 5.82 Å². The van der Waals surface area contributed by atoms with E-state index in [-0.39, 0.29) is 17.9 Å². The van der Waals surface area contributed by atoms with Crippen molar-refractivity contribution >= 4 is 0 Å². The van der Waals surface area contributed by atoms with Gasteiger partial charge in [-0.2, -0.15) is 0 Å². The summed E-state index contributed by atoms with van der Waals surface area (Å²) in [5.74, 6) is -0.145. The van der Waals surface area contributed by atoms with E-state index in [2.05, 4.69) is 18.8 Å². The van der Waals surface area contributed by atoms with Crippen LogP contribution < -0.4 is 5.32 Å². The quantitative estimate of drug-likeness (QED) is 0.748. The van der Waals surface area contributed by atoms with Crippen LogP contribution in [0.4, 0.5) is 4.39 Å². The minimum atomic E-state index is -0.145. The van der Waals surface area contributed by atoms with Gasteiger partial charge >= 0.3 is 0 Å². The number of nitrogens with one attached hydrogen (secondary N) is 1. The fourth-order valence-electron chi connectivity index (χ4n) is 2.13. The Bertz CT molecular complexity index is 373. The summed E-state index contributed by atoms with van der Waals surface area (Å²) in [7, 11) is 0. The molecule has 0 aliphatic heterocycles. The molecule has 15 heavy (non-hydrogen) atoms. The molecule has 2 atom stereocenters. The predicted molar refractivity (Wildman–Crippen MR) is 60.3 cm³/mol. The maximum Gasteiger partial charge on any atom is 0.123 e. The van der Waals surface area contributed by atoms with Gasteiger partial charge in [0, 0.05) is 12.1 Å². The number of hydrogen-bond donors (Lipinski definition) is 1. The van der Waals surface area contributed by atoms with E-state index in [0.717, 1.165) is 18.4 Å². The SMILES string of the molecule is C=CC(C)NC1CCc2ccc(F)cc21. The number of hydrogen-bond acceptors (Lipinski definition) is 1. The Balaban J connectivity index is 2.20. The molecule has 0 spiro atoms. The van der Waals surface area contributed by atoms with Crippen LogP contribution in [0.5, 0.6) is 0 Å². The Morgan fingerprint density at radius 3 is 3.13 bits per heavy atom. The number of benzene rings is 1.